The highest BCUT2D eigenvalue weighted by molar-refractivity contribution is 7.85. The monoisotopic (exact) mass is 211 g/mol. The van der Waals surface area contributed by atoms with Gasteiger partial charge in [0, 0.05) is 11.9 Å². The van der Waals surface area contributed by atoms with E-state index in [0.29, 0.717) is 22.6 Å². The van der Waals surface area contributed by atoms with Crippen molar-refractivity contribution in [2.75, 3.05) is 5.75 Å². The van der Waals surface area contributed by atoms with E-state index in [4.69, 9.17) is 0 Å². The van der Waals surface area contributed by atoms with Crippen molar-refractivity contribution in [3.05, 3.63) is 24.0 Å². The molecule has 0 saturated carbocycles. The van der Waals surface area contributed by atoms with Gasteiger partial charge in [-0.05, 0) is 18.6 Å². The Hall–Kier alpha value is -1.03. The van der Waals surface area contributed by atoms with Gasteiger partial charge < -0.3 is 0 Å². The number of hydrogen-bond donors (Lipinski definition) is 0. The average molecular weight is 211 g/mol. The molecule has 1 aromatic rings. The van der Waals surface area contributed by atoms with Crippen LogP contribution >= 0.6 is 0 Å². The van der Waals surface area contributed by atoms with Crippen LogP contribution in [0.3, 0.4) is 0 Å². The summed E-state index contributed by atoms with van der Waals surface area (Å²) in [6.07, 6.45) is 4.17. The Labute approximate surface area is 86.0 Å². The number of hydrogen-bond acceptors (Lipinski definition) is 3. The number of carbonyl (C=O) groups is 1. The molecule has 1 heterocycles. The fourth-order valence-corrected chi connectivity index (χ4v) is 2.17. The first-order valence-electron chi connectivity index (χ1n) is 4.57. The van der Waals surface area contributed by atoms with E-state index in [1.807, 2.05) is 0 Å². The summed E-state index contributed by atoms with van der Waals surface area (Å²) in [5, 5.41) is 0. The zero-order chi connectivity index (χ0) is 10.4. The average Bonchev–Trinajstić information content (AvgIpc) is 2.26. The van der Waals surface area contributed by atoms with Crippen LogP contribution in [-0.4, -0.2) is 21.2 Å². The summed E-state index contributed by atoms with van der Waals surface area (Å²) in [5.74, 6) is 0.665. The van der Waals surface area contributed by atoms with Crippen LogP contribution in [0.4, 0.5) is 0 Å². The van der Waals surface area contributed by atoms with E-state index in [2.05, 4.69) is 11.9 Å². The third-order valence-electron chi connectivity index (χ3n) is 1.83. The zero-order valence-corrected chi connectivity index (χ0v) is 8.92. The fraction of sp³-hybridized carbons (Fsp3) is 0.400. The molecule has 0 aliphatic carbocycles. The van der Waals surface area contributed by atoms with E-state index >= 15 is 0 Å². The molecule has 0 spiro atoms. The maximum absolute atomic E-state index is 11.6. The van der Waals surface area contributed by atoms with Gasteiger partial charge in [-0.25, -0.2) is 0 Å². The Morgan fingerprint density at radius 3 is 2.79 bits per heavy atom. The molecule has 0 amide bonds. The predicted molar refractivity (Wildman–Crippen MR) is 55.8 cm³/mol. The van der Waals surface area contributed by atoms with Gasteiger partial charge in [0.05, 0.1) is 15.7 Å². The van der Waals surface area contributed by atoms with Crippen molar-refractivity contribution < 1.29 is 9.00 Å². The molecule has 1 unspecified atom stereocenters. The van der Waals surface area contributed by atoms with Gasteiger partial charge in [0.2, 0.25) is 0 Å². The van der Waals surface area contributed by atoms with E-state index in [1.165, 1.54) is 6.20 Å². The van der Waals surface area contributed by atoms with Crippen LogP contribution in [0.15, 0.2) is 23.2 Å². The number of nitrogens with zero attached hydrogens (tertiary/aromatic N) is 1. The highest BCUT2D eigenvalue weighted by Crippen LogP contribution is 2.07. The first kappa shape index (κ1) is 11.0. The molecular formula is C10H13NO2S. The Morgan fingerprint density at radius 1 is 1.50 bits per heavy atom. The quantitative estimate of drug-likeness (QED) is 0.698. The molecule has 0 aromatic carbocycles. The van der Waals surface area contributed by atoms with E-state index < -0.39 is 10.8 Å². The van der Waals surface area contributed by atoms with Crippen molar-refractivity contribution in [1.29, 1.82) is 0 Å². The molecule has 14 heavy (non-hydrogen) atoms. The van der Waals surface area contributed by atoms with Crippen LogP contribution in [0.1, 0.15) is 30.3 Å². The lowest BCUT2D eigenvalue weighted by molar-refractivity contribution is 0.111. The van der Waals surface area contributed by atoms with E-state index in [1.54, 1.807) is 12.1 Å². The summed E-state index contributed by atoms with van der Waals surface area (Å²) in [6.45, 7) is 2.06. The summed E-state index contributed by atoms with van der Waals surface area (Å²) in [4.78, 5) is 14.9. The summed E-state index contributed by atoms with van der Waals surface area (Å²) in [7, 11) is -0.972. The van der Waals surface area contributed by atoms with Gasteiger partial charge in [0.15, 0.2) is 6.29 Å². The number of unbranched alkanes of at least 4 members (excludes halogenated alkanes) is 1. The molecule has 1 atom stereocenters. The third-order valence-corrected chi connectivity index (χ3v) is 3.25. The molecule has 76 valence electrons. The fourth-order valence-electron chi connectivity index (χ4n) is 0.989. The number of carbonyl (C=O) groups excluding carboxylic acids is 1. The highest BCUT2D eigenvalue weighted by atomic mass is 32.2. The third kappa shape index (κ3) is 3.03. The second-order valence-corrected chi connectivity index (χ2v) is 4.51. The van der Waals surface area contributed by atoms with Gasteiger partial charge in [-0.1, -0.05) is 13.3 Å². The zero-order valence-electron chi connectivity index (χ0n) is 8.10. The molecular weight excluding hydrogens is 198 g/mol. The SMILES string of the molecule is CCCCS(=O)c1ccc(C=O)nc1. The van der Waals surface area contributed by atoms with Crippen LogP contribution in [0, 0.1) is 0 Å². The van der Waals surface area contributed by atoms with Crippen LogP contribution in [0.2, 0.25) is 0 Å². The van der Waals surface area contributed by atoms with Gasteiger partial charge in [-0.2, -0.15) is 0 Å². The van der Waals surface area contributed by atoms with Crippen molar-refractivity contribution >= 4 is 17.1 Å². The second-order valence-electron chi connectivity index (χ2n) is 2.94. The van der Waals surface area contributed by atoms with E-state index in [9.17, 15) is 9.00 Å². The highest BCUT2D eigenvalue weighted by Gasteiger charge is 2.03. The number of aldehydes is 1. The Morgan fingerprint density at radius 2 is 2.29 bits per heavy atom. The molecule has 0 saturated heterocycles. The normalized spacial score (nSPS) is 12.4. The molecule has 0 radical (unpaired) electrons. The van der Waals surface area contributed by atoms with Gasteiger partial charge in [0.1, 0.15) is 5.69 Å². The Bertz CT molecular complexity index is 321. The van der Waals surface area contributed by atoms with E-state index in [0.717, 1.165) is 12.8 Å². The lowest BCUT2D eigenvalue weighted by atomic mass is 10.4. The van der Waals surface area contributed by atoms with Crippen molar-refractivity contribution in [2.24, 2.45) is 0 Å². The Balaban J connectivity index is 2.66. The Kier molecular flexibility index (Phi) is 4.46. The van der Waals surface area contributed by atoms with Crippen molar-refractivity contribution in [2.45, 2.75) is 24.7 Å². The van der Waals surface area contributed by atoms with Crippen LogP contribution in [0.25, 0.3) is 0 Å². The topological polar surface area (TPSA) is 47.0 Å². The summed E-state index contributed by atoms with van der Waals surface area (Å²) >= 11 is 0. The maximum atomic E-state index is 11.6. The van der Waals surface area contributed by atoms with Crippen molar-refractivity contribution in [3.8, 4) is 0 Å². The maximum Gasteiger partial charge on any atom is 0.168 e. The van der Waals surface area contributed by atoms with Gasteiger partial charge in [-0.15, -0.1) is 0 Å². The largest absolute Gasteiger partial charge is 0.296 e. The number of rotatable bonds is 5. The van der Waals surface area contributed by atoms with Gasteiger partial charge in [-0.3, -0.25) is 14.0 Å². The predicted octanol–water partition coefficient (Wildman–Crippen LogP) is 1.80. The molecule has 4 heteroatoms. The first-order valence-corrected chi connectivity index (χ1v) is 5.89. The molecule has 0 aliphatic rings. The summed E-state index contributed by atoms with van der Waals surface area (Å²) in [6, 6.07) is 3.29. The van der Waals surface area contributed by atoms with Crippen LogP contribution in [0.5, 0.6) is 0 Å². The second kappa shape index (κ2) is 5.65. The van der Waals surface area contributed by atoms with Gasteiger partial charge in [0.25, 0.3) is 0 Å². The smallest absolute Gasteiger partial charge is 0.168 e. The molecule has 1 rings (SSSR count). The standard InChI is InChI=1S/C10H13NO2S/c1-2-3-6-14(13)10-5-4-9(8-12)11-7-10/h4-5,7-8H,2-3,6H2,1H3. The minimum absolute atomic E-state index is 0.376. The van der Waals surface area contributed by atoms with Crippen molar-refractivity contribution in [3.63, 3.8) is 0 Å². The van der Waals surface area contributed by atoms with Crippen molar-refractivity contribution in [1.82, 2.24) is 4.98 Å². The lowest BCUT2D eigenvalue weighted by Gasteiger charge is -2.00. The molecule has 0 N–H and O–H groups in total. The number of aromatic nitrogens is 1. The minimum Gasteiger partial charge on any atom is -0.296 e. The molecule has 3 nitrogen and oxygen atoms in total. The van der Waals surface area contributed by atoms with Crippen LogP contribution < -0.4 is 0 Å². The first-order chi connectivity index (χ1) is 6.77. The summed E-state index contributed by atoms with van der Waals surface area (Å²) < 4.78 is 11.6. The van der Waals surface area contributed by atoms with Crippen LogP contribution in [-0.2, 0) is 10.8 Å². The number of pyridine rings is 1. The molecule has 0 bridgehead atoms. The van der Waals surface area contributed by atoms with E-state index in [-0.39, 0.29) is 0 Å². The van der Waals surface area contributed by atoms with Gasteiger partial charge >= 0.3 is 0 Å². The summed E-state index contributed by atoms with van der Waals surface area (Å²) in [5.41, 5.74) is 0.376. The molecule has 1 aromatic heterocycles. The molecule has 0 fully saturated rings. The minimum atomic E-state index is -0.972. The molecule has 0 aliphatic heterocycles. The lowest BCUT2D eigenvalue weighted by Crippen LogP contribution is -1.99.